The first-order chi connectivity index (χ1) is 9.97. The second-order valence-electron chi connectivity index (χ2n) is 5.39. The highest BCUT2D eigenvalue weighted by Gasteiger charge is 2.19. The number of rotatable bonds is 3. The second kappa shape index (κ2) is 5.07. The number of hydrogen-bond donors (Lipinski definition) is 1. The van der Waals surface area contributed by atoms with Crippen LogP contribution < -0.4 is 9.62 Å². The van der Waals surface area contributed by atoms with E-state index in [1.54, 1.807) is 25.1 Å². The number of sulfonamides is 1. The molecule has 2 aromatic rings. The van der Waals surface area contributed by atoms with Crippen molar-refractivity contribution in [2.45, 2.75) is 18.2 Å². The number of nitrogens with zero attached hydrogens (tertiary/aromatic N) is 1. The highest BCUT2D eigenvalue weighted by molar-refractivity contribution is 7.92. The lowest BCUT2D eigenvalue weighted by molar-refractivity contribution is 0.600. The first-order valence-electron chi connectivity index (χ1n) is 6.90. The van der Waals surface area contributed by atoms with Gasteiger partial charge < -0.3 is 4.90 Å². The molecule has 5 heteroatoms. The fourth-order valence-electron chi connectivity index (χ4n) is 2.70. The third-order valence-corrected chi connectivity index (χ3v) is 5.38. The molecule has 0 amide bonds. The highest BCUT2D eigenvalue weighted by atomic mass is 32.2. The molecule has 1 aliphatic rings. The molecular formula is C16H18N2O2S. The van der Waals surface area contributed by atoms with E-state index in [1.165, 1.54) is 11.3 Å². The first kappa shape index (κ1) is 13.9. The van der Waals surface area contributed by atoms with E-state index in [0.29, 0.717) is 10.6 Å². The molecule has 0 unspecified atom stereocenters. The Bertz CT molecular complexity index is 785. The summed E-state index contributed by atoms with van der Waals surface area (Å²) in [6.45, 7) is 2.77. The Morgan fingerprint density at radius 1 is 1.14 bits per heavy atom. The number of nitrogens with one attached hydrogen (secondary N) is 1. The Kier molecular flexibility index (Phi) is 3.37. The summed E-state index contributed by atoms with van der Waals surface area (Å²) in [5.41, 5.74) is 3.72. The molecular weight excluding hydrogens is 284 g/mol. The van der Waals surface area contributed by atoms with E-state index >= 15 is 0 Å². The van der Waals surface area contributed by atoms with Crippen molar-refractivity contribution in [2.24, 2.45) is 0 Å². The van der Waals surface area contributed by atoms with Gasteiger partial charge in [0.25, 0.3) is 10.0 Å². The molecule has 0 fully saturated rings. The summed E-state index contributed by atoms with van der Waals surface area (Å²) >= 11 is 0. The van der Waals surface area contributed by atoms with E-state index in [-0.39, 0.29) is 0 Å². The molecule has 110 valence electrons. The normalized spacial score (nSPS) is 14.1. The van der Waals surface area contributed by atoms with E-state index in [1.807, 2.05) is 31.3 Å². The van der Waals surface area contributed by atoms with Crippen molar-refractivity contribution in [2.75, 3.05) is 23.2 Å². The van der Waals surface area contributed by atoms with E-state index in [9.17, 15) is 8.42 Å². The third kappa shape index (κ3) is 2.61. The average molecular weight is 302 g/mol. The molecule has 0 aromatic heterocycles. The van der Waals surface area contributed by atoms with E-state index in [2.05, 4.69) is 9.62 Å². The van der Waals surface area contributed by atoms with E-state index < -0.39 is 10.0 Å². The molecule has 2 aromatic carbocycles. The van der Waals surface area contributed by atoms with Gasteiger partial charge in [0.05, 0.1) is 4.90 Å². The molecule has 3 rings (SSSR count). The van der Waals surface area contributed by atoms with Crippen LogP contribution in [0.2, 0.25) is 0 Å². The van der Waals surface area contributed by atoms with Crippen molar-refractivity contribution in [3.8, 4) is 0 Å². The molecule has 0 atom stereocenters. The van der Waals surface area contributed by atoms with Crippen LogP contribution in [0.1, 0.15) is 11.1 Å². The van der Waals surface area contributed by atoms with Gasteiger partial charge >= 0.3 is 0 Å². The van der Waals surface area contributed by atoms with Crippen LogP contribution >= 0.6 is 0 Å². The van der Waals surface area contributed by atoms with Crippen LogP contribution in [0.4, 0.5) is 11.4 Å². The van der Waals surface area contributed by atoms with Crippen LogP contribution in [0.15, 0.2) is 47.4 Å². The van der Waals surface area contributed by atoms with Gasteiger partial charge in [0.1, 0.15) is 0 Å². The van der Waals surface area contributed by atoms with Gasteiger partial charge in [-0.05, 0) is 48.7 Å². The largest absolute Gasteiger partial charge is 0.374 e. The van der Waals surface area contributed by atoms with E-state index in [4.69, 9.17) is 0 Å². The van der Waals surface area contributed by atoms with Gasteiger partial charge in [-0.15, -0.1) is 0 Å². The Morgan fingerprint density at radius 2 is 1.90 bits per heavy atom. The number of fused-ring (bicyclic) bond motifs is 1. The first-order valence-corrected chi connectivity index (χ1v) is 8.38. The Balaban J connectivity index is 1.92. The number of anilines is 2. The Hall–Kier alpha value is -2.01. The van der Waals surface area contributed by atoms with Gasteiger partial charge in [-0.25, -0.2) is 8.42 Å². The minimum Gasteiger partial charge on any atom is -0.374 e. The summed E-state index contributed by atoms with van der Waals surface area (Å²) in [7, 11) is -1.49. The lowest BCUT2D eigenvalue weighted by Gasteiger charge is -2.14. The van der Waals surface area contributed by atoms with Crippen molar-refractivity contribution < 1.29 is 8.42 Å². The van der Waals surface area contributed by atoms with Crippen molar-refractivity contribution in [3.05, 3.63) is 53.6 Å². The van der Waals surface area contributed by atoms with Gasteiger partial charge in [-0.3, -0.25) is 4.72 Å². The monoisotopic (exact) mass is 302 g/mol. The van der Waals surface area contributed by atoms with Crippen molar-refractivity contribution in [1.82, 2.24) is 0 Å². The lowest BCUT2D eigenvalue weighted by Crippen LogP contribution is -2.14. The maximum absolute atomic E-state index is 12.5. The zero-order valence-corrected chi connectivity index (χ0v) is 12.9. The van der Waals surface area contributed by atoms with E-state index in [0.717, 1.165) is 18.5 Å². The minimum absolute atomic E-state index is 0.322. The van der Waals surface area contributed by atoms with Gasteiger partial charge in [0, 0.05) is 25.0 Å². The molecule has 0 saturated heterocycles. The zero-order chi connectivity index (χ0) is 15.0. The van der Waals surface area contributed by atoms with Crippen LogP contribution in [0, 0.1) is 6.92 Å². The topological polar surface area (TPSA) is 49.4 Å². The maximum Gasteiger partial charge on any atom is 0.262 e. The molecule has 0 bridgehead atoms. The molecule has 1 heterocycles. The summed E-state index contributed by atoms with van der Waals surface area (Å²) < 4.78 is 27.6. The van der Waals surface area contributed by atoms with Crippen LogP contribution in [0.3, 0.4) is 0 Å². The van der Waals surface area contributed by atoms with Crippen LogP contribution in [0.25, 0.3) is 0 Å². The zero-order valence-electron chi connectivity index (χ0n) is 12.1. The summed E-state index contributed by atoms with van der Waals surface area (Å²) in [5, 5.41) is 0. The fraction of sp³-hybridized carbons (Fsp3) is 0.250. The SMILES string of the molecule is Cc1ccccc1S(=O)(=O)Nc1ccc2c(c1)CCN2C. The van der Waals surface area contributed by atoms with Gasteiger partial charge in [0.2, 0.25) is 0 Å². The van der Waals surface area contributed by atoms with Crippen LogP contribution in [-0.4, -0.2) is 22.0 Å². The predicted molar refractivity (Wildman–Crippen MR) is 85.4 cm³/mol. The molecule has 0 spiro atoms. The summed E-state index contributed by atoms with van der Waals surface area (Å²) in [5.74, 6) is 0. The Labute approximate surface area is 125 Å². The third-order valence-electron chi connectivity index (χ3n) is 3.84. The Morgan fingerprint density at radius 3 is 2.67 bits per heavy atom. The molecule has 1 aliphatic heterocycles. The summed E-state index contributed by atoms with van der Waals surface area (Å²) in [4.78, 5) is 2.50. The van der Waals surface area contributed by atoms with Crippen molar-refractivity contribution in [1.29, 1.82) is 0 Å². The summed E-state index contributed by atoms with van der Waals surface area (Å²) in [6.07, 6.45) is 0.950. The molecule has 0 radical (unpaired) electrons. The molecule has 0 aliphatic carbocycles. The quantitative estimate of drug-likeness (QED) is 0.948. The smallest absolute Gasteiger partial charge is 0.262 e. The average Bonchev–Trinajstić information content (AvgIpc) is 2.80. The van der Waals surface area contributed by atoms with Gasteiger partial charge in [-0.2, -0.15) is 0 Å². The lowest BCUT2D eigenvalue weighted by atomic mass is 10.1. The number of benzene rings is 2. The van der Waals surface area contributed by atoms with Crippen molar-refractivity contribution in [3.63, 3.8) is 0 Å². The maximum atomic E-state index is 12.5. The molecule has 4 nitrogen and oxygen atoms in total. The second-order valence-corrected chi connectivity index (χ2v) is 7.04. The molecule has 0 saturated carbocycles. The number of hydrogen-bond acceptors (Lipinski definition) is 3. The standard InChI is InChI=1S/C16H18N2O2S/c1-12-5-3-4-6-16(12)21(19,20)17-14-7-8-15-13(11-14)9-10-18(15)2/h3-8,11,17H,9-10H2,1-2H3. The minimum atomic E-state index is -3.54. The molecule has 1 N–H and O–H groups in total. The van der Waals surface area contributed by atoms with Gasteiger partial charge in [0.15, 0.2) is 0 Å². The van der Waals surface area contributed by atoms with Crippen LogP contribution in [-0.2, 0) is 16.4 Å². The number of likely N-dealkylation sites (N-methyl/N-ethyl adjacent to an activating group) is 1. The number of aryl methyl sites for hydroxylation is 1. The predicted octanol–water partition coefficient (Wildman–Crippen LogP) is 2.79. The highest BCUT2D eigenvalue weighted by Crippen LogP contribution is 2.30. The summed E-state index contributed by atoms with van der Waals surface area (Å²) in [6, 6.07) is 12.7. The molecule has 21 heavy (non-hydrogen) atoms. The fourth-order valence-corrected chi connectivity index (χ4v) is 4.00. The van der Waals surface area contributed by atoms with Crippen molar-refractivity contribution >= 4 is 21.4 Å². The van der Waals surface area contributed by atoms with Gasteiger partial charge in [-0.1, -0.05) is 18.2 Å². The van der Waals surface area contributed by atoms with Crippen LogP contribution in [0.5, 0.6) is 0 Å².